The molecule has 1 aliphatic heterocycles. The highest BCUT2D eigenvalue weighted by atomic mass is 32.2. The second-order valence-electron chi connectivity index (χ2n) is 6.86. The van der Waals surface area contributed by atoms with Crippen LogP contribution in [0.1, 0.15) is 24.3 Å². The van der Waals surface area contributed by atoms with Crippen LogP contribution >= 0.6 is 11.3 Å². The predicted molar refractivity (Wildman–Crippen MR) is 104 cm³/mol. The molecule has 0 spiro atoms. The summed E-state index contributed by atoms with van der Waals surface area (Å²) in [7, 11) is -3.37. The summed E-state index contributed by atoms with van der Waals surface area (Å²) in [5.74, 6) is 0. The monoisotopic (exact) mass is 378 g/mol. The van der Waals surface area contributed by atoms with Gasteiger partial charge in [-0.3, -0.25) is 4.90 Å². The summed E-state index contributed by atoms with van der Waals surface area (Å²) in [6, 6.07) is 14.5. The minimum Gasteiger partial charge on any atom is -0.295 e. The quantitative estimate of drug-likeness (QED) is 0.801. The molecule has 0 saturated carbocycles. The Morgan fingerprint density at radius 3 is 2.24 bits per heavy atom. The second-order valence-corrected chi connectivity index (χ2v) is 10.3. The standard InChI is InChI=1S/C19H26N2O2S2/c1-15-13-20(25(22,23)19-10-9-17(3)24-19)14-16(2)21(15)12-11-18-7-5-4-6-8-18/h4-10,15-16H,11-14H2,1-3H3. The molecule has 2 atom stereocenters. The number of aryl methyl sites for hydroxylation is 1. The molecule has 6 heteroatoms. The van der Waals surface area contributed by atoms with Gasteiger partial charge in [0.25, 0.3) is 10.0 Å². The molecule has 1 aromatic heterocycles. The van der Waals surface area contributed by atoms with Crippen LogP contribution in [-0.4, -0.2) is 49.3 Å². The number of rotatable bonds is 5. The lowest BCUT2D eigenvalue weighted by atomic mass is 10.1. The molecule has 0 aliphatic carbocycles. The Bertz CT molecular complexity index is 790. The molecule has 1 fully saturated rings. The van der Waals surface area contributed by atoms with Crippen molar-refractivity contribution < 1.29 is 8.42 Å². The van der Waals surface area contributed by atoms with Crippen LogP contribution in [-0.2, 0) is 16.4 Å². The van der Waals surface area contributed by atoms with Crippen molar-refractivity contribution in [3.05, 3.63) is 52.9 Å². The number of thiophene rings is 1. The second kappa shape index (κ2) is 7.58. The van der Waals surface area contributed by atoms with Gasteiger partial charge in [-0.1, -0.05) is 30.3 Å². The maximum Gasteiger partial charge on any atom is 0.252 e. The lowest BCUT2D eigenvalue weighted by Gasteiger charge is -2.43. The molecular formula is C19H26N2O2S2. The number of hydrogen-bond donors (Lipinski definition) is 0. The van der Waals surface area contributed by atoms with Crippen molar-refractivity contribution in [2.45, 2.75) is 43.5 Å². The van der Waals surface area contributed by atoms with E-state index in [-0.39, 0.29) is 12.1 Å². The first-order valence-electron chi connectivity index (χ1n) is 8.74. The summed E-state index contributed by atoms with van der Waals surface area (Å²) in [6.07, 6.45) is 0.992. The van der Waals surface area contributed by atoms with Crippen LogP contribution in [0.3, 0.4) is 0 Å². The molecule has 2 aromatic rings. The van der Waals surface area contributed by atoms with Gasteiger partial charge in [0.2, 0.25) is 0 Å². The molecular weight excluding hydrogens is 352 g/mol. The van der Waals surface area contributed by atoms with Crippen molar-refractivity contribution in [1.29, 1.82) is 0 Å². The van der Waals surface area contributed by atoms with E-state index in [1.54, 1.807) is 10.4 Å². The Balaban J connectivity index is 1.67. The van der Waals surface area contributed by atoms with E-state index in [9.17, 15) is 8.42 Å². The molecule has 0 bridgehead atoms. The summed E-state index contributed by atoms with van der Waals surface area (Å²) in [4.78, 5) is 3.46. The fourth-order valence-electron chi connectivity index (χ4n) is 3.53. The molecule has 1 aromatic carbocycles. The smallest absolute Gasteiger partial charge is 0.252 e. The normalized spacial score (nSPS) is 23.0. The van der Waals surface area contributed by atoms with Gasteiger partial charge in [0.1, 0.15) is 4.21 Å². The molecule has 1 saturated heterocycles. The molecule has 3 rings (SSSR count). The van der Waals surface area contributed by atoms with Crippen LogP contribution in [0.15, 0.2) is 46.7 Å². The molecule has 0 radical (unpaired) electrons. The van der Waals surface area contributed by atoms with E-state index >= 15 is 0 Å². The summed E-state index contributed by atoms with van der Waals surface area (Å²) in [5.41, 5.74) is 1.33. The average Bonchev–Trinajstić information content (AvgIpc) is 3.02. The third-order valence-electron chi connectivity index (χ3n) is 4.88. The molecule has 2 heterocycles. The molecule has 25 heavy (non-hydrogen) atoms. The fraction of sp³-hybridized carbons (Fsp3) is 0.474. The highest BCUT2D eigenvalue weighted by Gasteiger charge is 2.36. The highest BCUT2D eigenvalue weighted by molar-refractivity contribution is 7.91. The van der Waals surface area contributed by atoms with Crippen molar-refractivity contribution in [3.8, 4) is 0 Å². The molecule has 4 nitrogen and oxygen atoms in total. The molecule has 0 N–H and O–H groups in total. The maximum atomic E-state index is 12.9. The lowest BCUT2D eigenvalue weighted by molar-refractivity contribution is 0.0785. The van der Waals surface area contributed by atoms with E-state index in [2.05, 4.69) is 43.0 Å². The first-order valence-corrected chi connectivity index (χ1v) is 11.0. The minimum atomic E-state index is -3.37. The average molecular weight is 379 g/mol. The Labute approximate surface area is 155 Å². The van der Waals surface area contributed by atoms with Crippen molar-refractivity contribution in [2.75, 3.05) is 19.6 Å². The maximum absolute atomic E-state index is 12.9. The molecule has 0 amide bonds. The number of benzene rings is 1. The topological polar surface area (TPSA) is 40.6 Å². The van der Waals surface area contributed by atoms with Crippen molar-refractivity contribution >= 4 is 21.4 Å². The van der Waals surface area contributed by atoms with Crippen molar-refractivity contribution in [2.24, 2.45) is 0 Å². The van der Waals surface area contributed by atoms with Crippen LogP contribution in [0.25, 0.3) is 0 Å². The SMILES string of the molecule is Cc1ccc(S(=O)(=O)N2CC(C)N(CCc3ccccc3)C(C)C2)s1. The van der Waals surface area contributed by atoms with Gasteiger partial charge in [-0.05, 0) is 44.9 Å². The third kappa shape index (κ3) is 4.14. The first-order chi connectivity index (χ1) is 11.9. The summed E-state index contributed by atoms with van der Waals surface area (Å²) < 4.78 is 27.9. The first kappa shape index (κ1) is 18.6. The van der Waals surface area contributed by atoms with E-state index in [1.165, 1.54) is 16.9 Å². The number of nitrogens with zero attached hydrogens (tertiary/aromatic N) is 2. The van der Waals surface area contributed by atoms with E-state index < -0.39 is 10.0 Å². The zero-order valence-electron chi connectivity index (χ0n) is 15.1. The largest absolute Gasteiger partial charge is 0.295 e. The Morgan fingerprint density at radius 2 is 1.68 bits per heavy atom. The van der Waals surface area contributed by atoms with Crippen molar-refractivity contribution in [1.82, 2.24) is 9.21 Å². The Hall–Kier alpha value is -1.21. The van der Waals surface area contributed by atoms with Crippen LogP contribution in [0.4, 0.5) is 0 Å². The molecule has 1 aliphatic rings. The van der Waals surface area contributed by atoms with Crippen LogP contribution in [0, 0.1) is 6.92 Å². The summed E-state index contributed by atoms with van der Waals surface area (Å²) in [5, 5.41) is 0. The van der Waals surface area contributed by atoms with Gasteiger partial charge in [0.05, 0.1) is 0 Å². The minimum absolute atomic E-state index is 0.211. The van der Waals surface area contributed by atoms with Crippen LogP contribution < -0.4 is 0 Å². The van der Waals surface area contributed by atoms with Gasteiger partial charge < -0.3 is 0 Å². The lowest BCUT2D eigenvalue weighted by Crippen LogP contribution is -2.58. The van der Waals surface area contributed by atoms with Gasteiger partial charge >= 0.3 is 0 Å². The van der Waals surface area contributed by atoms with E-state index in [4.69, 9.17) is 0 Å². The van der Waals surface area contributed by atoms with E-state index in [0.717, 1.165) is 17.8 Å². The van der Waals surface area contributed by atoms with Gasteiger partial charge in [-0.15, -0.1) is 11.3 Å². The van der Waals surface area contributed by atoms with Crippen molar-refractivity contribution in [3.63, 3.8) is 0 Å². The zero-order valence-corrected chi connectivity index (χ0v) is 16.7. The Morgan fingerprint density at radius 1 is 1.04 bits per heavy atom. The summed E-state index contributed by atoms with van der Waals surface area (Å²) in [6.45, 7) is 8.26. The van der Waals surface area contributed by atoms with Gasteiger partial charge in [0.15, 0.2) is 0 Å². The number of hydrogen-bond acceptors (Lipinski definition) is 4. The highest BCUT2D eigenvalue weighted by Crippen LogP contribution is 2.27. The third-order valence-corrected chi connectivity index (χ3v) is 8.18. The van der Waals surface area contributed by atoms with Crippen LogP contribution in [0.5, 0.6) is 0 Å². The number of piperazine rings is 1. The van der Waals surface area contributed by atoms with Gasteiger partial charge in [0, 0.05) is 36.6 Å². The zero-order chi connectivity index (χ0) is 18.0. The van der Waals surface area contributed by atoms with E-state index in [0.29, 0.717) is 17.3 Å². The number of sulfonamides is 1. The van der Waals surface area contributed by atoms with Gasteiger partial charge in [-0.25, -0.2) is 8.42 Å². The Kier molecular flexibility index (Phi) is 5.63. The van der Waals surface area contributed by atoms with Gasteiger partial charge in [-0.2, -0.15) is 4.31 Å². The van der Waals surface area contributed by atoms with E-state index in [1.807, 2.05) is 19.1 Å². The molecule has 136 valence electrons. The summed E-state index contributed by atoms with van der Waals surface area (Å²) >= 11 is 1.36. The fourth-order valence-corrected chi connectivity index (χ4v) is 6.57. The predicted octanol–water partition coefficient (Wildman–Crippen LogP) is 3.38. The molecule has 2 unspecified atom stereocenters. The van der Waals surface area contributed by atoms with Crippen LogP contribution in [0.2, 0.25) is 0 Å².